The van der Waals surface area contributed by atoms with Crippen molar-refractivity contribution in [3.05, 3.63) is 23.8 Å². The molecule has 0 aromatic carbocycles. The first kappa shape index (κ1) is 13.3. The van der Waals surface area contributed by atoms with Gasteiger partial charge in [0.25, 0.3) is 0 Å². The molecular formula is C11H17O5-. The molecule has 16 heavy (non-hydrogen) atoms. The Morgan fingerprint density at radius 1 is 1.62 bits per heavy atom. The second-order valence-electron chi connectivity index (χ2n) is 3.61. The van der Waals surface area contributed by atoms with E-state index in [9.17, 15) is 5.11 Å². The first-order valence-electron chi connectivity index (χ1n) is 5.30. The fourth-order valence-electron chi connectivity index (χ4n) is 1.56. The van der Waals surface area contributed by atoms with Gasteiger partial charge < -0.3 is 14.9 Å². The largest absolute Gasteiger partial charge is 0.829 e. The molecule has 3 atom stereocenters. The van der Waals surface area contributed by atoms with Crippen LogP contribution < -0.4 is 5.11 Å². The minimum atomic E-state index is -1.74. The van der Waals surface area contributed by atoms with Crippen LogP contribution in [0.25, 0.3) is 0 Å². The Kier molecular flexibility index (Phi) is 5.65. The summed E-state index contributed by atoms with van der Waals surface area (Å²) in [4.78, 5) is 4.17. The molecule has 92 valence electrons. The third-order valence-corrected chi connectivity index (χ3v) is 2.41. The number of rotatable bonds is 6. The normalized spacial score (nSPS) is 24.0. The zero-order valence-corrected chi connectivity index (χ0v) is 9.20. The first-order chi connectivity index (χ1) is 7.67. The van der Waals surface area contributed by atoms with E-state index in [0.29, 0.717) is 19.4 Å². The first-order valence-corrected chi connectivity index (χ1v) is 5.30. The van der Waals surface area contributed by atoms with Crippen LogP contribution in [0.5, 0.6) is 0 Å². The van der Waals surface area contributed by atoms with Gasteiger partial charge in [-0.25, -0.2) is 4.89 Å². The summed E-state index contributed by atoms with van der Waals surface area (Å²) in [5.74, 6) is 0. The van der Waals surface area contributed by atoms with Gasteiger partial charge in [0.15, 0.2) is 0 Å². The van der Waals surface area contributed by atoms with Crippen LogP contribution in [0.4, 0.5) is 0 Å². The van der Waals surface area contributed by atoms with Crippen LogP contribution in [-0.2, 0) is 9.62 Å². The second-order valence-corrected chi connectivity index (χ2v) is 3.61. The van der Waals surface area contributed by atoms with Gasteiger partial charge in [0.1, 0.15) is 6.10 Å². The smallest absolute Gasteiger partial charge is 0.115 e. The Labute approximate surface area is 94.5 Å². The van der Waals surface area contributed by atoms with Crippen LogP contribution in [-0.4, -0.2) is 35.5 Å². The Morgan fingerprint density at radius 2 is 2.38 bits per heavy atom. The van der Waals surface area contributed by atoms with Gasteiger partial charge in [-0.05, 0) is 25.3 Å². The highest BCUT2D eigenvalue weighted by molar-refractivity contribution is 5.25. The average Bonchev–Trinajstić information content (AvgIpc) is 2.29. The summed E-state index contributed by atoms with van der Waals surface area (Å²) in [5, 5.41) is 28.3. The number of hydrogen-bond acceptors (Lipinski definition) is 5. The minimum Gasteiger partial charge on any atom is -0.829 e. The predicted octanol–water partition coefficient (Wildman–Crippen LogP) is 0.205. The Morgan fingerprint density at radius 3 is 2.81 bits per heavy atom. The number of aliphatic hydroxyl groups is 1. The molecular weight excluding hydrogens is 212 g/mol. The Balaban J connectivity index is 2.47. The monoisotopic (exact) mass is 229 g/mol. The molecule has 0 aromatic heterocycles. The topological polar surface area (TPSA) is 82.0 Å². The van der Waals surface area contributed by atoms with Gasteiger partial charge in [0.05, 0.1) is 6.10 Å². The van der Waals surface area contributed by atoms with E-state index >= 15 is 0 Å². The highest BCUT2D eigenvalue weighted by atomic mass is 17.1. The maximum atomic E-state index is 10.9. The van der Waals surface area contributed by atoms with Gasteiger partial charge in [-0.15, -0.1) is 0 Å². The summed E-state index contributed by atoms with van der Waals surface area (Å²) in [6.45, 7) is 2.17. The van der Waals surface area contributed by atoms with E-state index in [0.717, 1.165) is 5.57 Å². The van der Waals surface area contributed by atoms with E-state index in [4.69, 9.17) is 15.1 Å². The summed E-state index contributed by atoms with van der Waals surface area (Å²) < 4.78 is 5.14. The molecule has 0 aromatic rings. The van der Waals surface area contributed by atoms with Gasteiger partial charge in [0, 0.05) is 12.9 Å². The zero-order chi connectivity index (χ0) is 12.0. The lowest BCUT2D eigenvalue weighted by Crippen LogP contribution is -2.40. The van der Waals surface area contributed by atoms with Crippen molar-refractivity contribution in [3.63, 3.8) is 0 Å². The van der Waals surface area contributed by atoms with E-state index in [1.54, 1.807) is 19.1 Å². The molecule has 3 unspecified atom stereocenters. The Hall–Kier alpha value is -0.720. The van der Waals surface area contributed by atoms with Gasteiger partial charge in [-0.2, -0.15) is 0 Å². The van der Waals surface area contributed by atoms with Crippen molar-refractivity contribution in [2.75, 3.05) is 6.61 Å². The average molecular weight is 229 g/mol. The van der Waals surface area contributed by atoms with Gasteiger partial charge >= 0.3 is 0 Å². The van der Waals surface area contributed by atoms with Gasteiger partial charge in [-0.3, -0.25) is 5.26 Å². The molecule has 5 heteroatoms. The summed E-state index contributed by atoms with van der Waals surface area (Å²) >= 11 is 0. The van der Waals surface area contributed by atoms with E-state index in [1.165, 1.54) is 0 Å². The molecule has 0 heterocycles. The third kappa shape index (κ3) is 4.03. The highest BCUT2D eigenvalue weighted by Crippen LogP contribution is 2.18. The van der Waals surface area contributed by atoms with E-state index in [2.05, 4.69) is 4.89 Å². The maximum absolute atomic E-state index is 10.9. The lowest BCUT2D eigenvalue weighted by molar-refractivity contribution is -0.501. The molecule has 5 nitrogen and oxygen atoms in total. The molecule has 0 fully saturated rings. The molecule has 0 spiro atoms. The fourth-order valence-corrected chi connectivity index (χ4v) is 1.56. The second kappa shape index (κ2) is 6.78. The van der Waals surface area contributed by atoms with Crippen molar-refractivity contribution in [1.29, 1.82) is 0 Å². The predicted molar refractivity (Wildman–Crippen MR) is 55.4 cm³/mol. The van der Waals surface area contributed by atoms with Crippen molar-refractivity contribution in [1.82, 2.24) is 0 Å². The van der Waals surface area contributed by atoms with Crippen molar-refractivity contribution >= 4 is 0 Å². The molecule has 0 radical (unpaired) electrons. The molecule has 0 bridgehead atoms. The fraction of sp³-hybridized carbons (Fsp3) is 0.636. The van der Waals surface area contributed by atoms with Crippen molar-refractivity contribution in [3.8, 4) is 0 Å². The van der Waals surface area contributed by atoms with Crippen molar-refractivity contribution < 1.29 is 25.1 Å². The lowest BCUT2D eigenvalue weighted by Gasteiger charge is -2.28. The molecule has 0 saturated heterocycles. The SMILES string of the molecule is CCOC(CC1=CCC(OO)C=C1)C([O-])O. The molecule has 1 rings (SSSR count). The van der Waals surface area contributed by atoms with Crippen molar-refractivity contribution in [2.24, 2.45) is 0 Å². The molecule has 1 aliphatic rings. The zero-order valence-electron chi connectivity index (χ0n) is 9.20. The molecule has 0 amide bonds. The highest BCUT2D eigenvalue weighted by Gasteiger charge is 2.15. The lowest BCUT2D eigenvalue weighted by atomic mass is 10.00. The van der Waals surface area contributed by atoms with E-state index < -0.39 is 12.4 Å². The molecule has 0 saturated carbocycles. The quantitative estimate of drug-likeness (QED) is 0.386. The van der Waals surface area contributed by atoms with Crippen LogP contribution in [0.3, 0.4) is 0 Å². The number of hydrogen-bond donors (Lipinski definition) is 2. The summed E-state index contributed by atoms with van der Waals surface area (Å²) in [7, 11) is 0. The minimum absolute atomic E-state index is 0.327. The standard InChI is InChI=1S/C11H17O5/c1-2-15-10(11(12)13)7-8-3-5-9(16-14)6-4-8/h3-5,9-12,14H,2,6-7H2,1H3/q-1. The van der Waals surface area contributed by atoms with Crippen LogP contribution >= 0.6 is 0 Å². The number of ether oxygens (including phenoxy) is 1. The molecule has 1 aliphatic carbocycles. The molecule has 2 N–H and O–H groups in total. The third-order valence-electron chi connectivity index (χ3n) is 2.41. The van der Waals surface area contributed by atoms with Crippen LogP contribution in [0.15, 0.2) is 23.8 Å². The molecule has 0 aliphatic heterocycles. The van der Waals surface area contributed by atoms with Crippen LogP contribution in [0.1, 0.15) is 19.8 Å². The number of allylic oxidation sites excluding steroid dienone is 1. The summed E-state index contributed by atoms with van der Waals surface area (Å²) in [6, 6.07) is 0. The number of aliphatic hydroxyl groups excluding tert-OH is 1. The van der Waals surface area contributed by atoms with E-state index in [1.807, 2.05) is 6.08 Å². The maximum Gasteiger partial charge on any atom is 0.115 e. The van der Waals surface area contributed by atoms with E-state index in [-0.39, 0.29) is 6.10 Å². The Bertz CT molecular complexity index is 259. The van der Waals surface area contributed by atoms with Crippen molar-refractivity contribution in [2.45, 2.75) is 38.3 Å². The van der Waals surface area contributed by atoms with Gasteiger partial charge in [0.2, 0.25) is 0 Å². The van der Waals surface area contributed by atoms with Gasteiger partial charge in [-0.1, -0.05) is 18.2 Å². The van der Waals surface area contributed by atoms with Crippen LogP contribution in [0.2, 0.25) is 0 Å². The van der Waals surface area contributed by atoms with Crippen LogP contribution in [0, 0.1) is 0 Å². The summed E-state index contributed by atoms with van der Waals surface area (Å²) in [5.41, 5.74) is 0.904. The summed E-state index contributed by atoms with van der Waals surface area (Å²) in [6.07, 6.45) is 3.45.